The van der Waals surface area contributed by atoms with E-state index < -0.39 is 15.9 Å². The molecule has 2 bridgehead atoms. The van der Waals surface area contributed by atoms with E-state index in [-0.39, 0.29) is 11.3 Å². The normalized spacial score (nSPS) is 23.5. The predicted octanol–water partition coefficient (Wildman–Crippen LogP) is 5.26. The van der Waals surface area contributed by atoms with Crippen molar-refractivity contribution in [3.05, 3.63) is 72.8 Å². The number of fused-ring (bicyclic) bond motifs is 2. The zero-order valence-corrected chi connectivity index (χ0v) is 20.9. The summed E-state index contributed by atoms with van der Waals surface area (Å²) < 4.78 is 38.7. The van der Waals surface area contributed by atoms with E-state index in [0.29, 0.717) is 30.5 Å². The second-order valence-corrected chi connectivity index (χ2v) is 11.0. The van der Waals surface area contributed by atoms with Crippen molar-refractivity contribution in [3.63, 3.8) is 0 Å². The van der Waals surface area contributed by atoms with Crippen LogP contribution in [0.1, 0.15) is 51.4 Å². The molecule has 4 rings (SSSR count). The fourth-order valence-electron chi connectivity index (χ4n) is 5.23. The van der Waals surface area contributed by atoms with Crippen LogP contribution in [0.15, 0.2) is 77.7 Å². The number of hydrogen-bond acceptors (Lipinski definition) is 5. The number of amides is 1. The lowest BCUT2D eigenvalue weighted by molar-refractivity contribution is -0.119. The highest BCUT2D eigenvalue weighted by Gasteiger charge is 2.47. The minimum Gasteiger partial charge on any atom is -0.494 e. The summed E-state index contributed by atoms with van der Waals surface area (Å²) in [5.41, 5.74) is 0. The number of carbonyl (C=O) groups excluding carboxylic acids is 1. The number of allylic oxidation sites excluding steroid dienone is 2. The average Bonchev–Trinajstić information content (AvgIpc) is 3.47. The molecule has 35 heavy (non-hydrogen) atoms. The van der Waals surface area contributed by atoms with Crippen molar-refractivity contribution < 1.29 is 22.7 Å². The molecule has 2 fully saturated rings. The zero-order valence-electron chi connectivity index (χ0n) is 20.1. The Hall–Kier alpha value is -2.64. The summed E-state index contributed by atoms with van der Waals surface area (Å²) >= 11 is 0. The molecule has 2 aliphatic heterocycles. The van der Waals surface area contributed by atoms with E-state index in [1.54, 1.807) is 18.2 Å². The van der Waals surface area contributed by atoms with Gasteiger partial charge in [0.25, 0.3) is 10.0 Å². The predicted molar refractivity (Wildman–Crippen MR) is 135 cm³/mol. The Labute approximate surface area is 208 Å². The van der Waals surface area contributed by atoms with Gasteiger partial charge in [0.15, 0.2) is 0 Å². The quantitative estimate of drug-likeness (QED) is 0.302. The third-order valence-electron chi connectivity index (χ3n) is 6.94. The first kappa shape index (κ1) is 25.5. The fourth-order valence-corrected chi connectivity index (χ4v) is 6.27. The molecular weight excluding hydrogens is 462 g/mol. The van der Waals surface area contributed by atoms with Crippen molar-refractivity contribution in [2.45, 2.75) is 68.5 Å². The lowest BCUT2D eigenvalue weighted by atomic mass is 9.75. The minimum atomic E-state index is -3.80. The number of nitrogens with one attached hydrogen (secondary N) is 1. The number of benzene rings is 2. The van der Waals surface area contributed by atoms with Gasteiger partial charge in [0.05, 0.1) is 23.7 Å². The second-order valence-electron chi connectivity index (χ2n) is 9.36. The van der Waals surface area contributed by atoms with E-state index in [4.69, 9.17) is 9.47 Å². The lowest BCUT2D eigenvalue weighted by Crippen LogP contribution is -2.30. The van der Waals surface area contributed by atoms with Crippen LogP contribution in [0.4, 0.5) is 0 Å². The zero-order chi connectivity index (χ0) is 24.5. The molecule has 4 atom stereocenters. The van der Waals surface area contributed by atoms with Crippen molar-refractivity contribution in [1.29, 1.82) is 0 Å². The molecule has 2 aromatic rings. The number of ether oxygens (including phenoxy) is 2. The van der Waals surface area contributed by atoms with E-state index >= 15 is 0 Å². The van der Waals surface area contributed by atoms with Crippen molar-refractivity contribution in [1.82, 2.24) is 4.72 Å². The Kier molecular flexibility index (Phi) is 8.99. The van der Waals surface area contributed by atoms with Crippen LogP contribution in [0.25, 0.3) is 0 Å². The van der Waals surface area contributed by atoms with E-state index in [9.17, 15) is 13.2 Å². The Balaban J connectivity index is 1.15. The summed E-state index contributed by atoms with van der Waals surface area (Å²) in [4.78, 5) is 12.2. The van der Waals surface area contributed by atoms with E-state index in [1.807, 2.05) is 30.3 Å². The van der Waals surface area contributed by atoms with Gasteiger partial charge in [-0.25, -0.2) is 13.1 Å². The third-order valence-corrected chi connectivity index (χ3v) is 8.32. The van der Waals surface area contributed by atoms with Crippen molar-refractivity contribution >= 4 is 15.9 Å². The van der Waals surface area contributed by atoms with Gasteiger partial charge < -0.3 is 9.47 Å². The molecule has 1 N–H and O–H groups in total. The van der Waals surface area contributed by atoms with Gasteiger partial charge in [-0.1, -0.05) is 48.6 Å². The van der Waals surface area contributed by atoms with Gasteiger partial charge in [-0.2, -0.15) is 0 Å². The van der Waals surface area contributed by atoms with Crippen LogP contribution >= 0.6 is 0 Å². The standard InChI is InChI=1S/C28H35NO5S/c30-28(29-35(31,32)23-14-7-4-8-15-23)18-10-2-1-9-16-24-25(27-20-19-26(24)34-27)17-11-21-33-22-12-5-3-6-13-22/h1,3-9,12-15,24-27H,2,10-11,16-21H2,(H,29,30)/t24-,25+,26-,27+/m1/s1. The first-order valence-electron chi connectivity index (χ1n) is 12.6. The van der Waals surface area contributed by atoms with Gasteiger partial charge in [-0.3, -0.25) is 4.79 Å². The maximum atomic E-state index is 12.2. The summed E-state index contributed by atoms with van der Waals surface area (Å²) in [7, 11) is -3.80. The number of sulfonamides is 1. The Morgan fingerprint density at radius 1 is 0.943 bits per heavy atom. The van der Waals surface area contributed by atoms with Crippen molar-refractivity contribution in [3.8, 4) is 5.75 Å². The molecule has 0 aliphatic carbocycles. The number of carbonyl (C=O) groups is 1. The van der Waals surface area contributed by atoms with Gasteiger partial charge >= 0.3 is 0 Å². The molecule has 188 valence electrons. The molecule has 0 unspecified atom stereocenters. The molecule has 0 aromatic heterocycles. The molecule has 2 aromatic carbocycles. The molecule has 0 radical (unpaired) electrons. The number of para-hydroxylation sites is 1. The molecule has 2 heterocycles. The SMILES string of the molecule is O=C(CCCC=CC[C@@H]1[C@H](CCCOc2ccccc2)[C@@H]2CC[C@H]1O2)NS(=O)(=O)c1ccccc1. The van der Waals surface area contributed by atoms with Crippen LogP contribution in [0, 0.1) is 11.8 Å². The minimum absolute atomic E-state index is 0.0995. The maximum absolute atomic E-state index is 12.2. The summed E-state index contributed by atoms with van der Waals surface area (Å²) in [6, 6.07) is 17.9. The molecule has 6 nitrogen and oxygen atoms in total. The van der Waals surface area contributed by atoms with Crippen molar-refractivity contribution in [2.75, 3.05) is 6.61 Å². The highest BCUT2D eigenvalue weighted by atomic mass is 32.2. The summed E-state index contributed by atoms with van der Waals surface area (Å²) in [6.45, 7) is 0.725. The molecule has 2 saturated heterocycles. The van der Waals surface area contributed by atoms with E-state index in [0.717, 1.165) is 50.9 Å². The highest BCUT2D eigenvalue weighted by Crippen LogP contribution is 2.47. The summed E-state index contributed by atoms with van der Waals surface area (Å²) in [6.07, 6.45) is 12.0. The number of unbranched alkanes of at least 4 members (excludes halogenated alkanes) is 1. The second kappa shape index (κ2) is 12.4. The van der Waals surface area contributed by atoms with Crippen molar-refractivity contribution in [2.24, 2.45) is 11.8 Å². The lowest BCUT2D eigenvalue weighted by Gasteiger charge is -2.27. The van der Waals surface area contributed by atoms with Crippen LogP contribution in [0.2, 0.25) is 0 Å². The molecule has 0 saturated carbocycles. The third kappa shape index (κ3) is 7.18. The van der Waals surface area contributed by atoms with Gasteiger partial charge in [-0.05, 0) is 81.0 Å². The topological polar surface area (TPSA) is 81.7 Å². The summed E-state index contributed by atoms with van der Waals surface area (Å²) in [5.74, 6) is 1.57. The first-order valence-corrected chi connectivity index (χ1v) is 14.1. The summed E-state index contributed by atoms with van der Waals surface area (Å²) in [5, 5.41) is 0. The van der Waals surface area contributed by atoms with Crippen LogP contribution < -0.4 is 9.46 Å². The first-order chi connectivity index (χ1) is 17.0. The van der Waals surface area contributed by atoms with Gasteiger partial charge in [0.1, 0.15) is 5.75 Å². The number of hydrogen-bond donors (Lipinski definition) is 1. The molecule has 7 heteroatoms. The van der Waals surface area contributed by atoms with Crippen LogP contribution in [-0.4, -0.2) is 33.1 Å². The van der Waals surface area contributed by atoms with Gasteiger partial charge in [-0.15, -0.1) is 0 Å². The van der Waals surface area contributed by atoms with E-state index in [1.165, 1.54) is 12.1 Å². The smallest absolute Gasteiger partial charge is 0.264 e. The van der Waals surface area contributed by atoms with Gasteiger partial charge in [0, 0.05) is 6.42 Å². The molecule has 1 amide bonds. The Morgan fingerprint density at radius 3 is 2.37 bits per heavy atom. The Bertz CT molecular complexity index is 1070. The molecule has 0 spiro atoms. The van der Waals surface area contributed by atoms with Crippen LogP contribution in [-0.2, 0) is 19.6 Å². The van der Waals surface area contributed by atoms with E-state index in [2.05, 4.69) is 16.9 Å². The molecule has 2 aliphatic rings. The largest absolute Gasteiger partial charge is 0.494 e. The molecular formula is C28H35NO5S. The van der Waals surface area contributed by atoms with Crippen LogP contribution in [0.3, 0.4) is 0 Å². The monoisotopic (exact) mass is 497 g/mol. The average molecular weight is 498 g/mol. The maximum Gasteiger partial charge on any atom is 0.264 e. The highest BCUT2D eigenvalue weighted by molar-refractivity contribution is 7.90. The fraction of sp³-hybridized carbons (Fsp3) is 0.464. The number of rotatable bonds is 13. The van der Waals surface area contributed by atoms with Gasteiger partial charge in [0.2, 0.25) is 5.91 Å². The van der Waals surface area contributed by atoms with Crippen LogP contribution in [0.5, 0.6) is 5.75 Å². The Morgan fingerprint density at radius 2 is 1.63 bits per heavy atom.